The van der Waals surface area contributed by atoms with Crippen LogP contribution in [0.15, 0.2) is 36.4 Å². The number of carbonyl (C=O) groups is 1. The quantitative estimate of drug-likeness (QED) is 0.536. The lowest BCUT2D eigenvalue weighted by Crippen LogP contribution is -2.54. The highest BCUT2D eigenvalue weighted by atomic mass is 16.1. The van der Waals surface area contributed by atoms with Crippen LogP contribution in [0.4, 0.5) is 5.69 Å². The van der Waals surface area contributed by atoms with Crippen LogP contribution in [0.25, 0.3) is 27.7 Å². The summed E-state index contributed by atoms with van der Waals surface area (Å²) in [7, 11) is 0. The number of pyridine rings is 2. The lowest BCUT2D eigenvalue weighted by Gasteiger charge is -2.38. The molecule has 0 saturated carbocycles. The second-order valence-electron chi connectivity index (χ2n) is 8.57. The summed E-state index contributed by atoms with van der Waals surface area (Å²) in [5, 5.41) is 7.53. The van der Waals surface area contributed by atoms with Crippen molar-refractivity contribution in [1.82, 2.24) is 25.0 Å². The van der Waals surface area contributed by atoms with E-state index in [0.717, 1.165) is 46.5 Å². The van der Waals surface area contributed by atoms with E-state index in [1.807, 2.05) is 48.6 Å². The van der Waals surface area contributed by atoms with Gasteiger partial charge in [0.05, 0.1) is 16.6 Å². The first-order chi connectivity index (χ1) is 15.0. The fraction of sp³-hybridized carbons (Fsp3) is 0.375. The van der Waals surface area contributed by atoms with E-state index in [2.05, 4.69) is 35.4 Å². The van der Waals surface area contributed by atoms with Gasteiger partial charge in [0.2, 0.25) is 0 Å². The van der Waals surface area contributed by atoms with E-state index >= 15 is 0 Å². The lowest BCUT2D eigenvalue weighted by molar-refractivity contribution is 0.0957. The number of nitrogens with one attached hydrogen (secondary N) is 2. The van der Waals surface area contributed by atoms with E-state index < -0.39 is 0 Å². The first-order valence-electron chi connectivity index (χ1n) is 11.0. The van der Waals surface area contributed by atoms with Crippen molar-refractivity contribution >= 4 is 39.3 Å². The minimum atomic E-state index is -0.113. The minimum Gasteiger partial charge on any atom is -0.368 e. The van der Waals surface area contributed by atoms with Crippen LogP contribution in [0, 0.1) is 6.92 Å². The molecule has 4 aromatic rings. The number of para-hydroxylation sites is 2. The third kappa shape index (κ3) is 3.29. The van der Waals surface area contributed by atoms with Gasteiger partial charge in [-0.25, -0.2) is 9.97 Å². The number of hydrogen-bond acceptors (Lipinski definition) is 5. The molecule has 1 aromatic carbocycles. The summed E-state index contributed by atoms with van der Waals surface area (Å²) in [5.41, 5.74) is 5.94. The maximum Gasteiger partial charge on any atom is 0.255 e. The average Bonchev–Trinajstić information content (AvgIpc) is 3.12. The zero-order valence-electron chi connectivity index (χ0n) is 18.4. The molecule has 4 heterocycles. The zero-order chi connectivity index (χ0) is 21.7. The van der Waals surface area contributed by atoms with Gasteiger partial charge in [-0.3, -0.25) is 9.20 Å². The molecule has 31 heavy (non-hydrogen) atoms. The van der Waals surface area contributed by atoms with E-state index in [1.54, 1.807) is 0 Å². The Morgan fingerprint density at radius 3 is 2.61 bits per heavy atom. The summed E-state index contributed by atoms with van der Waals surface area (Å²) in [6, 6.07) is 12.9. The molecular formula is C24H28N6O. The Kier molecular flexibility index (Phi) is 4.78. The first-order valence-corrected chi connectivity index (χ1v) is 11.0. The number of carbonyl (C=O) groups excluding carboxylic acids is 1. The van der Waals surface area contributed by atoms with Crippen molar-refractivity contribution in [3.8, 4) is 0 Å². The molecule has 0 spiro atoms. The molecule has 7 heteroatoms. The van der Waals surface area contributed by atoms with Crippen LogP contribution in [0.1, 0.15) is 36.8 Å². The van der Waals surface area contributed by atoms with Crippen molar-refractivity contribution in [1.29, 1.82) is 0 Å². The minimum absolute atomic E-state index is 0.113. The molecule has 1 fully saturated rings. The van der Waals surface area contributed by atoms with Crippen molar-refractivity contribution in [3.05, 3.63) is 47.7 Å². The molecule has 0 radical (unpaired) electrons. The normalized spacial score (nSPS) is 19.4. The van der Waals surface area contributed by atoms with Crippen LogP contribution in [0.3, 0.4) is 0 Å². The van der Waals surface area contributed by atoms with Crippen LogP contribution in [-0.2, 0) is 0 Å². The van der Waals surface area contributed by atoms with Crippen LogP contribution in [-0.4, -0.2) is 52.0 Å². The van der Waals surface area contributed by atoms with Gasteiger partial charge in [-0.15, -0.1) is 0 Å². The predicted octanol–water partition coefficient (Wildman–Crippen LogP) is 3.28. The number of rotatable bonds is 3. The Labute approximate surface area is 181 Å². The summed E-state index contributed by atoms with van der Waals surface area (Å²) >= 11 is 0. The van der Waals surface area contributed by atoms with Gasteiger partial charge in [0.25, 0.3) is 5.91 Å². The molecule has 0 bridgehead atoms. The molecule has 2 atom stereocenters. The Balaban J connectivity index is 1.87. The molecule has 5 rings (SSSR count). The Morgan fingerprint density at radius 2 is 1.87 bits per heavy atom. The molecule has 1 amide bonds. The largest absolute Gasteiger partial charge is 0.368 e. The standard InChI is InChI=1S/C24H28N6O/c1-5-25-24(31)18-11-17-21(29-12-15(3)26-16(4)13-29)10-14(2)27-22(17)30-20-9-7-6-8-19(20)28-23(18)30/h6-11,15-16,26H,5,12-13H2,1-4H3,(H,25,31)/t15-,16+. The van der Waals surface area contributed by atoms with Gasteiger partial charge >= 0.3 is 0 Å². The SMILES string of the molecule is CCNC(=O)c1cc2c(N3C[C@@H](C)N[C@@H](C)C3)cc(C)nc2n2c1nc1ccccc12. The third-order valence-corrected chi connectivity index (χ3v) is 5.93. The molecule has 1 aliphatic heterocycles. The summed E-state index contributed by atoms with van der Waals surface area (Å²) in [6.45, 7) is 10.7. The average molecular weight is 417 g/mol. The summed E-state index contributed by atoms with van der Waals surface area (Å²) in [5.74, 6) is -0.113. The van der Waals surface area contributed by atoms with Gasteiger partial charge < -0.3 is 15.5 Å². The van der Waals surface area contributed by atoms with Crippen LogP contribution in [0.5, 0.6) is 0 Å². The van der Waals surface area contributed by atoms with E-state index in [-0.39, 0.29) is 5.91 Å². The number of fused-ring (bicyclic) bond motifs is 5. The van der Waals surface area contributed by atoms with Crippen LogP contribution in [0.2, 0.25) is 0 Å². The molecule has 0 aliphatic carbocycles. The first kappa shape index (κ1) is 19.8. The molecule has 3 aromatic heterocycles. The maximum absolute atomic E-state index is 13.0. The number of imidazole rings is 1. The molecular weight excluding hydrogens is 388 g/mol. The number of aromatic nitrogens is 3. The monoisotopic (exact) mass is 416 g/mol. The summed E-state index contributed by atoms with van der Waals surface area (Å²) in [4.78, 5) is 25.2. The van der Waals surface area contributed by atoms with Crippen molar-refractivity contribution < 1.29 is 4.79 Å². The molecule has 0 unspecified atom stereocenters. The Hall–Kier alpha value is -3.19. The molecule has 160 valence electrons. The lowest BCUT2D eigenvalue weighted by atomic mass is 10.1. The maximum atomic E-state index is 13.0. The number of benzene rings is 1. The Bertz CT molecular complexity index is 1300. The fourth-order valence-electron chi connectivity index (χ4n) is 4.80. The topological polar surface area (TPSA) is 74.6 Å². The van der Waals surface area contributed by atoms with Gasteiger partial charge in [-0.2, -0.15) is 0 Å². The summed E-state index contributed by atoms with van der Waals surface area (Å²) < 4.78 is 2.04. The van der Waals surface area contributed by atoms with Crippen molar-refractivity contribution in [2.75, 3.05) is 24.5 Å². The number of anilines is 1. The highest BCUT2D eigenvalue weighted by Gasteiger charge is 2.25. The van der Waals surface area contributed by atoms with Crippen molar-refractivity contribution in [2.45, 2.75) is 39.8 Å². The number of amides is 1. The number of hydrogen-bond donors (Lipinski definition) is 2. The van der Waals surface area contributed by atoms with E-state index in [0.29, 0.717) is 29.8 Å². The second kappa shape index (κ2) is 7.50. The van der Waals surface area contributed by atoms with Gasteiger partial charge in [0, 0.05) is 48.5 Å². The molecule has 2 N–H and O–H groups in total. The van der Waals surface area contributed by atoms with Gasteiger partial charge in [0.1, 0.15) is 5.65 Å². The van der Waals surface area contributed by atoms with Crippen LogP contribution >= 0.6 is 0 Å². The Morgan fingerprint density at radius 1 is 1.13 bits per heavy atom. The van der Waals surface area contributed by atoms with Crippen molar-refractivity contribution in [2.24, 2.45) is 0 Å². The van der Waals surface area contributed by atoms with Gasteiger partial charge in [0.15, 0.2) is 5.65 Å². The smallest absolute Gasteiger partial charge is 0.255 e. The third-order valence-electron chi connectivity index (χ3n) is 5.93. The van der Waals surface area contributed by atoms with E-state index in [4.69, 9.17) is 9.97 Å². The number of nitrogens with zero attached hydrogens (tertiary/aromatic N) is 4. The molecule has 7 nitrogen and oxygen atoms in total. The van der Waals surface area contributed by atoms with E-state index in [1.165, 1.54) is 0 Å². The van der Waals surface area contributed by atoms with E-state index in [9.17, 15) is 4.79 Å². The van der Waals surface area contributed by atoms with Crippen molar-refractivity contribution in [3.63, 3.8) is 0 Å². The highest BCUT2D eigenvalue weighted by Crippen LogP contribution is 2.33. The molecule has 1 saturated heterocycles. The fourth-order valence-corrected chi connectivity index (χ4v) is 4.80. The number of piperazine rings is 1. The van der Waals surface area contributed by atoms with Crippen LogP contribution < -0.4 is 15.5 Å². The summed E-state index contributed by atoms with van der Waals surface area (Å²) in [6.07, 6.45) is 0. The second-order valence-corrected chi connectivity index (χ2v) is 8.57. The zero-order valence-corrected chi connectivity index (χ0v) is 18.4. The predicted molar refractivity (Wildman–Crippen MR) is 125 cm³/mol. The highest BCUT2D eigenvalue weighted by molar-refractivity contribution is 6.07. The number of aryl methyl sites for hydroxylation is 1. The molecule has 1 aliphatic rings. The van der Waals surface area contributed by atoms with Gasteiger partial charge in [-0.05, 0) is 52.0 Å². The van der Waals surface area contributed by atoms with Gasteiger partial charge in [-0.1, -0.05) is 12.1 Å².